The van der Waals surface area contributed by atoms with Gasteiger partial charge in [0.15, 0.2) is 6.79 Å². The fraction of sp³-hybridized carbons (Fsp3) is 0.478. The lowest BCUT2D eigenvalue weighted by molar-refractivity contribution is 0.0512. The van der Waals surface area contributed by atoms with E-state index in [0.717, 1.165) is 10.8 Å². The fourth-order valence-electron chi connectivity index (χ4n) is 4.23. The van der Waals surface area contributed by atoms with E-state index in [2.05, 4.69) is 53.0 Å². The third-order valence-electron chi connectivity index (χ3n) is 5.55. The standard InChI is InChI=1S/C23H31FO2Si/c1-16(2)27(17(3)4,18(5)6)13-12-22-21-10-9-20(26-15-25-7)14-19(21)8-11-23(22)24/h8-11,14,16-18H,15H2,1-7H3. The summed E-state index contributed by atoms with van der Waals surface area (Å²) >= 11 is 0. The Labute approximate surface area is 164 Å². The van der Waals surface area contributed by atoms with Gasteiger partial charge in [-0.3, -0.25) is 0 Å². The van der Waals surface area contributed by atoms with Crippen molar-refractivity contribution in [2.45, 2.75) is 58.2 Å². The molecule has 146 valence electrons. The van der Waals surface area contributed by atoms with Crippen molar-refractivity contribution in [1.82, 2.24) is 0 Å². The number of benzene rings is 2. The van der Waals surface area contributed by atoms with E-state index in [0.29, 0.717) is 27.9 Å². The highest BCUT2D eigenvalue weighted by Crippen LogP contribution is 2.41. The van der Waals surface area contributed by atoms with Crippen molar-refractivity contribution in [2.24, 2.45) is 0 Å². The van der Waals surface area contributed by atoms with Crippen molar-refractivity contribution < 1.29 is 13.9 Å². The molecule has 2 nitrogen and oxygen atoms in total. The SMILES string of the molecule is COCOc1ccc2c(C#C[Si](C(C)C)(C(C)C)C(C)C)c(F)ccc2c1. The van der Waals surface area contributed by atoms with Crippen LogP contribution in [0.1, 0.15) is 47.1 Å². The van der Waals surface area contributed by atoms with Gasteiger partial charge in [0.25, 0.3) is 0 Å². The third-order valence-corrected chi connectivity index (χ3v) is 11.8. The van der Waals surface area contributed by atoms with E-state index in [1.54, 1.807) is 13.2 Å². The molecule has 0 spiro atoms. The van der Waals surface area contributed by atoms with Crippen molar-refractivity contribution in [1.29, 1.82) is 0 Å². The number of halogens is 1. The zero-order valence-corrected chi connectivity index (χ0v) is 18.5. The largest absolute Gasteiger partial charge is 0.468 e. The highest BCUT2D eigenvalue weighted by molar-refractivity contribution is 6.90. The number of ether oxygens (including phenoxy) is 2. The van der Waals surface area contributed by atoms with Crippen LogP contribution in [0.3, 0.4) is 0 Å². The molecule has 2 aromatic carbocycles. The van der Waals surface area contributed by atoms with Crippen LogP contribution in [0.5, 0.6) is 5.75 Å². The van der Waals surface area contributed by atoms with Crippen LogP contribution in [-0.2, 0) is 4.74 Å². The van der Waals surface area contributed by atoms with E-state index in [-0.39, 0.29) is 12.6 Å². The molecule has 0 saturated heterocycles. The monoisotopic (exact) mass is 386 g/mol. The Kier molecular flexibility index (Phi) is 7.08. The molecule has 0 aromatic heterocycles. The topological polar surface area (TPSA) is 18.5 Å². The van der Waals surface area contributed by atoms with Gasteiger partial charge in [-0.2, -0.15) is 0 Å². The molecular formula is C23H31FO2Si. The van der Waals surface area contributed by atoms with Gasteiger partial charge >= 0.3 is 0 Å². The van der Waals surface area contributed by atoms with Crippen LogP contribution >= 0.6 is 0 Å². The molecule has 2 aromatic rings. The smallest absolute Gasteiger partial charge is 0.188 e. The number of hydrogen-bond donors (Lipinski definition) is 0. The van der Waals surface area contributed by atoms with E-state index in [9.17, 15) is 4.39 Å². The zero-order valence-electron chi connectivity index (χ0n) is 17.5. The molecule has 0 amide bonds. The summed E-state index contributed by atoms with van der Waals surface area (Å²) in [5, 5.41) is 1.74. The van der Waals surface area contributed by atoms with Gasteiger partial charge in [-0.15, -0.1) is 5.54 Å². The Morgan fingerprint density at radius 3 is 2.15 bits per heavy atom. The van der Waals surface area contributed by atoms with Crippen LogP contribution in [0.25, 0.3) is 10.8 Å². The first-order valence-corrected chi connectivity index (χ1v) is 11.8. The molecule has 0 bridgehead atoms. The number of fused-ring (bicyclic) bond motifs is 1. The molecule has 0 saturated carbocycles. The first kappa shape index (κ1) is 21.5. The molecule has 0 aliphatic rings. The van der Waals surface area contributed by atoms with Crippen molar-refractivity contribution in [3.63, 3.8) is 0 Å². The summed E-state index contributed by atoms with van der Waals surface area (Å²) in [4.78, 5) is 0. The van der Waals surface area contributed by atoms with E-state index >= 15 is 0 Å². The third kappa shape index (κ3) is 4.36. The lowest BCUT2D eigenvalue weighted by atomic mass is 10.0. The molecule has 0 atom stereocenters. The predicted molar refractivity (Wildman–Crippen MR) is 114 cm³/mol. The maximum atomic E-state index is 14.7. The molecule has 0 N–H and O–H groups in total. The highest BCUT2D eigenvalue weighted by Gasteiger charge is 2.41. The number of rotatable bonds is 6. The maximum Gasteiger partial charge on any atom is 0.188 e. The Morgan fingerprint density at radius 1 is 0.963 bits per heavy atom. The maximum absolute atomic E-state index is 14.7. The molecule has 4 heteroatoms. The highest BCUT2D eigenvalue weighted by atomic mass is 28.3. The van der Waals surface area contributed by atoms with E-state index in [1.165, 1.54) is 6.07 Å². The van der Waals surface area contributed by atoms with Gasteiger partial charge in [-0.1, -0.05) is 53.5 Å². The van der Waals surface area contributed by atoms with Crippen molar-refractivity contribution in [3.05, 3.63) is 41.7 Å². The predicted octanol–water partition coefficient (Wildman–Crippen LogP) is 6.53. The molecule has 0 aliphatic carbocycles. The van der Waals surface area contributed by atoms with E-state index in [4.69, 9.17) is 9.47 Å². The Morgan fingerprint density at radius 2 is 1.59 bits per heavy atom. The first-order chi connectivity index (χ1) is 12.7. The van der Waals surface area contributed by atoms with Gasteiger partial charge in [-0.05, 0) is 46.3 Å². The van der Waals surface area contributed by atoms with Gasteiger partial charge in [0, 0.05) is 12.5 Å². The summed E-state index contributed by atoms with van der Waals surface area (Å²) in [6.45, 7) is 13.8. The fourth-order valence-corrected chi connectivity index (χ4v) is 9.44. The Hall–Kier alpha value is -1.83. The average molecular weight is 387 g/mol. The van der Waals surface area contributed by atoms with Crippen molar-refractivity contribution in [3.8, 4) is 17.2 Å². The summed E-state index contributed by atoms with van der Waals surface area (Å²) in [5.41, 5.74) is 5.65. The molecule has 0 unspecified atom stereocenters. The van der Waals surface area contributed by atoms with Crippen LogP contribution in [0.15, 0.2) is 30.3 Å². The minimum absolute atomic E-state index is 0.185. The second-order valence-corrected chi connectivity index (χ2v) is 13.6. The second-order valence-electron chi connectivity index (χ2n) is 8.00. The van der Waals surface area contributed by atoms with Gasteiger partial charge in [0.1, 0.15) is 19.6 Å². The summed E-state index contributed by atoms with van der Waals surface area (Å²) in [6.07, 6.45) is 0. The minimum Gasteiger partial charge on any atom is -0.468 e. The molecule has 0 heterocycles. The summed E-state index contributed by atoms with van der Waals surface area (Å²) < 4.78 is 25.1. The van der Waals surface area contributed by atoms with Gasteiger partial charge < -0.3 is 9.47 Å². The molecule has 0 fully saturated rings. The van der Waals surface area contributed by atoms with Crippen LogP contribution in [-0.4, -0.2) is 22.0 Å². The minimum atomic E-state index is -1.92. The van der Waals surface area contributed by atoms with Gasteiger partial charge in [0.05, 0.1) is 5.56 Å². The number of methoxy groups -OCH3 is 1. The normalized spacial score (nSPS) is 12.0. The molecule has 0 radical (unpaired) electrons. The first-order valence-electron chi connectivity index (χ1n) is 9.61. The Balaban J connectivity index is 2.59. The van der Waals surface area contributed by atoms with Crippen LogP contribution in [0.4, 0.5) is 4.39 Å². The van der Waals surface area contributed by atoms with Crippen LogP contribution in [0.2, 0.25) is 16.6 Å². The summed E-state index contributed by atoms with van der Waals surface area (Å²) in [5.74, 6) is 3.71. The van der Waals surface area contributed by atoms with Crippen LogP contribution < -0.4 is 4.74 Å². The number of hydrogen-bond acceptors (Lipinski definition) is 2. The van der Waals surface area contributed by atoms with Crippen molar-refractivity contribution >= 4 is 18.8 Å². The van der Waals surface area contributed by atoms with E-state index in [1.807, 2.05) is 18.2 Å². The summed E-state index contributed by atoms with van der Waals surface area (Å²) in [7, 11) is -0.336. The lowest BCUT2D eigenvalue weighted by Crippen LogP contribution is -2.43. The quantitative estimate of drug-likeness (QED) is 0.319. The molecular weight excluding hydrogens is 355 g/mol. The van der Waals surface area contributed by atoms with Crippen molar-refractivity contribution in [2.75, 3.05) is 13.9 Å². The lowest BCUT2D eigenvalue weighted by Gasteiger charge is -2.38. The van der Waals surface area contributed by atoms with Gasteiger partial charge in [0.2, 0.25) is 0 Å². The second kappa shape index (κ2) is 8.90. The van der Waals surface area contributed by atoms with E-state index < -0.39 is 8.07 Å². The zero-order chi connectivity index (χ0) is 20.2. The Bertz CT molecular complexity index is 825. The van der Waals surface area contributed by atoms with Crippen LogP contribution in [0, 0.1) is 17.3 Å². The molecule has 2 rings (SSSR count). The molecule has 0 aliphatic heterocycles. The van der Waals surface area contributed by atoms with Gasteiger partial charge in [-0.25, -0.2) is 4.39 Å². The molecule has 27 heavy (non-hydrogen) atoms. The average Bonchev–Trinajstić information content (AvgIpc) is 2.61. The summed E-state index contributed by atoms with van der Waals surface area (Å²) in [6, 6.07) is 8.89.